The quantitative estimate of drug-likeness (QED) is 0.0935. The molecule has 0 radical (unpaired) electrons. The number of ether oxygens (including phenoxy) is 2. The second-order valence-electron chi connectivity index (χ2n) is 14.4. The second kappa shape index (κ2) is 15.1. The van der Waals surface area contributed by atoms with E-state index in [-0.39, 0.29) is 18.4 Å². The van der Waals surface area contributed by atoms with Gasteiger partial charge in [0.1, 0.15) is 19.9 Å². The molecule has 0 spiro atoms. The Balaban J connectivity index is 1.48. The van der Waals surface area contributed by atoms with Crippen LogP contribution >= 0.6 is 22.6 Å². The zero-order valence-corrected chi connectivity index (χ0v) is 33.8. The van der Waals surface area contributed by atoms with Crippen LogP contribution in [0.1, 0.15) is 104 Å². The van der Waals surface area contributed by atoms with Gasteiger partial charge in [0.25, 0.3) is 0 Å². The van der Waals surface area contributed by atoms with E-state index in [1.165, 1.54) is 9.26 Å². The number of nitrogens with zero attached hydrogens (tertiary/aromatic N) is 6. The molecule has 4 heterocycles. The molecular weight excluding hydrogens is 729 g/mol. The SMILES string of the molecule is Cc1nn(C)c(C(C)NC[C@H](C)Oc2c(-c3ccc4c(c3)c(C#C[Si](C(C)C)(C(C)C)C(C)C)nn4C3CCCCO3)cnn2C)c1I. The Labute approximate surface area is 301 Å². The van der Waals surface area contributed by atoms with Crippen molar-refractivity contribution in [2.24, 2.45) is 14.1 Å². The molecule has 9 nitrogen and oxygen atoms in total. The zero-order valence-electron chi connectivity index (χ0n) is 30.7. The van der Waals surface area contributed by atoms with E-state index in [0.717, 1.165) is 65.2 Å². The van der Waals surface area contributed by atoms with Crippen LogP contribution in [-0.2, 0) is 18.8 Å². The summed E-state index contributed by atoms with van der Waals surface area (Å²) in [7, 11) is 1.98. The largest absolute Gasteiger partial charge is 0.473 e. The fourth-order valence-electron chi connectivity index (χ4n) is 7.69. The summed E-state index contributed by atoms with van der Waals surface area (Å²) in [6.07, 6.45) is 4.92. The Morgan fingerprint density at radius 2 is 1.73 bits per heavy atom. The number of aromatic nitrogens is 6. The molecule has 3 atom stereocenters. The molecule has 5 rings (SSSR count). The van der Waals surface area contributed by atoms with E-state index in [4.69, 9.17) is 14.6 Å². The van der Waals surface area contributed by atoms with Crippen molar-refractivity contribution in [2.75, 3.05) is 13.2 Å². The molecule has 11 heteroatoms. The average Bonchev–Trinajstić information content (AvgIpc) is 3.67. The molecule has 4 aromatic rings. The third kappa shape index (κ3) is 7.14. The molecule has 260 valence electrons. The van der Waals surface area contributed by atoms with E-state index in [2.05, 4.69) is 128 Å². The highest BCUT2D eigenvalue weighted by atomic mass is 127. The lowest BCUT2D eigenvalue weighted by Gasteiger charge is -2.38. The standard InChI is InChI=1S/C37H54IN7O2Si/c1-23(2)48(24(3)4,25(5)6)19-17-32-30-20-29(15-16-33(30)45(42-32)34-14-12-13-18-46-34)31-22-40-44(11)37(31)47-26(7)21-39-28(9)36-35(38)27(8)41-43(36)10/h15-16,20,22-26,28,34,39H,12-14,18,21H2,1-11H3/t26-,28?,34?/m0/s1. The zero-order chi connectivity index (χ0) is 34.9. The van der Waals surface area contributed by atoms with Crippen molar-refractivity contribution in [1.82, 2.24) is 34.7 Å². The van der Waals surface area contributed by atoms with Crippen molar-refractivity contribution in [1.29, 1.82) is 0 Å². The van der Waals surface area contributed by atoms with E-state index in [9.17, 15) is 0 Å². The van der Waals surface area contributed by atoms with Gasteiger partial charge in [-0.3, -0.25) is 4.68 Å². The van der Waals surface area contributed by atoms with Crippen LogP contribution < -0.4 is 10.1 Å². The Morgan fingerprint density at radius 3 is 2.33 bits per heavy atom. The summed E-state index contributed by atoms with van der Waals surface area (Å²) in [6, 6.07) is 6.67. The highest BCUT2D eigenvalue weighted by Gasteiger charge is 2.42. The number of hydrogen-bond acceptors (Lipinski definition) is 6. The lowest BCUT2D eigenvalue weighted by molar-refractivity contribution is -0.0367. The Kier molecular flexibility index (Phi) is 11.5. The van der Waals surface area contributed by atoms with Gasteiger partial charge in [-0.15, -0.1) is 5.54 Å². The van der Waals surface area contributed by atoms with Crippen molar-refractivity contribution in [3.05, 3.63) is 45.0 Å². The highest BCUT2D eigenvalue weighted by Crippen LogP contribution is 2.41. The van der Waals surface area contributed by atoms with E-state index >= 15 is 0 Å². The molecule has 0 saturated carbocycles. The molecular formula is C37H54IN7O2Si. The van der Waals surface area contributed by atoms with Gasteiger partial charge in [-0.2, -0.15) is 15.3 Å². The van der Waals surface area contributed by atoms with Crippen LogP contribution in [0.3, 0.4) is 0 Å². The van der Waals surface area contributed by atoms with Crippen LogP contribution in [0.25, 0.3) is 22.0 Å². The van der Waals surface area contributed by atoms with Gasteiger partial charge in [0.05, 0.1) is 32.2 Å². The molecule has 1 fully saturated rings. The minimum Gasteiger partial charge on any atom is -0.473 e. The van der Waals surface area contributed by atoms with Crippen LogP contribution in [0.4, 0.5) is 0 Å². The minimum atomic E-state index is -1.96. The first-order valence-electron chi connectivity index (χ1n) is 17.5. The number of benzene rings is 1. The maximum absolute atomic E-state index is 6.59. The van der Waals surface area contributed by atoms with Crippen molar-refractivity contribution in [2.45, 2.75) is 117 Å². The lowest BCUT2D eigenvalue weighted by Crippen LogP contribution is -2.43. The van der Waals surface area contributed by atoms with Crippen LogP contribution in [0.2, 0.25) is 16.6 Å². The summed E-state index contributed by atoms with van der Waals surface area (Å²) < 4.78 is 19.9. The molecule has 48 heavy (non-hydrogen) atoms. The molecule has 0 bridgehead atoms. The molecule has 1 saturated heterocycles. The Morgan fingerprint density at radius 1 is 1.02 bits per heavy atom. The van der Waals surface area contributed by atoms with Gasteiger partial charge in [-0.1, -0.05) is 53.5 Å². The second-order valence-corrected chi connectivity index (χ2v) is 21.1. The number of halogens is 1. The number of fused-ring (bicyclic) bond motifs is 1. The van der Waals surface area contributed by atoms with Crippen molar-refractivity contribution in [3.8, 4) is 28.5 Å². The van der Waals surface area contributed by atoms with Crippen LogP contribution in [0, 0.1) is 22.0 Å². The Hall–Kier alpha value is -2.66. The third-order valence-corrected chi connectivity index (χ3v) is 17.8. The lowest BCUT2D eigenvalue weighted by atomic mass is 10.1. The summed E-state index contributed by atoms with van der Waals surface area (Å²) in [4.78, 5) is 0. The van der Waals surface area contributed by atoms with Crippen molar-refractivity contribution in [3.63, 3.8) is 0 Å². The minimum absolute atomic E-state index is 0.0727. The van der Waals surface area contributed by atoms with Gasteiger partial charge in [-0.05, 0) is 96.9 Å². The van der Waals surface area contributed by atoms with Gasteiger partial charge in [0.15, 0.2) is 6.23 Å². The summed E-state index contributed by atoms with van der Waals surface area (Å²) in [5.41, 5.74) is 11.7. The Bertz CT molecular complexity index is 1770. The van der Waals surface area contributed by atoms with E-state index in [1.54, 1.807) is 0 Å². The number of nitrogens with one attached hydrogen (secondary N) is 1. The third-order valence-electron chi connectivity index (χ3n) is 10.2. The summed E-state index contributed by atoms with van der Waals surface area (Å²) >= 11 is 2.38. The first-order valence-corrected chi connectivity index (χ1v) is 20.9. The van der Waals surface area contributed by atoms with Gasteiger partial charge in [0, 0.05) is 38.7 Å². The monoisotopic (exact) mass is 783 g/mol. The summed E-state index contributed by atoms with van der Waals surface area (Å²) in [5.74, 6) is 4.41. The number of aryl methyl sites for hydroxylation is 3. The molecule has 0 aliphatic carbocycles. The molecule has 0 amide bonds. The normalized spacial score (nSPS) is 16.9. The topological polar surface area (TPSA) is 83.9 Å². The first kappa shape index (κ1) is 36.6. The first-order chi connectivity index (χ1) is 22.8. The van der Waals surface area contributed by atoms with Gasteiger partial charge in [-0.25, -0.2) is 9.36 Å². The van der Waals surface area contributed by atoms with Crippen LogP contribution in [0.5, 0.6) is 5.88 Å². The van der Waals surface area contributed by atoms with Gasteiger partial charge in [0.2, 0.25) is 5.88 Å². The van der Waals surface area contributed by atoms with Crippen LogP contribution in [0.15, 0.2) is 24.4 Å². The molecule has 2 unspecified atom stereocenters. The molecule has 1 aliphatic heterocycles. The molecule has 1 aliphatic rings. The molecule has 3 aromatic heterocycles. The maximum Gasteiger partial charge on any atom is 0.219 e. The van der Waals surface area contributed by atoms with Gasteiger partial charge >= 0.3 is 0 Å². The fourth-order valence-corrected chi connectivity index (χ4v) is 13.8. The smallest absolute Gasteiger partial charge is 0.219 e. The summed E-state index contributed by atoms with van der Waals surface area (Å²) in [6.45, 7) is 21.9. The molecule has 1 aromatic carbocycles. The average molecular weight is 784 g/mol. The van der Waals surface area contributed by atoms with E-state index in [1.807, 2.05) is 36.6 Å². The fraction of sp³-hybridized carbons (Fsp3) is 0.595. The van der Waals surface area contributed by atoms with E-state index in [0.29, 0.717) is 23.2 Å². The predicted molar refractivity (Wildman–Crippen MR) is 206 cm³/mol. The van der Waals surface area contributed by atoms with Crippen molar-refractivity contribution >= 4 is 41.6 Å². The van der Waals surface area contributed by atoms with Crippen LogP contribution in [-0.4, -0.2) is 56.7 Å². The summed E-state index contributed by atoms with van der Waals surface area (Å²) in [5, 5.41) is 19.1. The van der Waals surface area contributed by atoms with E-state index < -0.39 is 8.07 Å². The number of rotatable bonds is 11. The predicted octanol–water partition coefficient (Wildman–Crippen LogP) is 8.47. The van der Waals surface area contributed by atoms with Gasteiger partial charge < -0.3 is 14.8 Å². The maximum atomic E-state index is 6.59. The van der Waals surface area contributed by atoms with Crippen molar-refractivity contribution < 1.29 is 9.47 Å². The molecule has 1 N–H and O–H groups in total. The highest BCUT2D eigenvalue weighted by molar-refractivity contribution is 14.1. The number of hydrogen-bond donors (Lipinski definition) is 1.